The van der Waals surface area contributed by atoms with E-state index < -0.39 is 13.2 Å². The summed E-state index contributed by atoms with van der Waals surface area (Å²) >= 11 is 0. The standard InChI is InChI=1S/C23H29O2P/c1-5-8-14-20(4)26(19-13-18-23(24)25,21(7-3)15-9-6-2)22-16-11-10-12-17-22/h5-12,14-17,26H,1,3-4,13,18-19H2,2H3,(H,24,25)/b9-6-,14-8-,21-15+. The number of hydrogen-bond donors (Lipinski definition) is 1. The molecule has 2 nitrogen and oxygen atoms in total. The van der Waals surface area contributed by atoms with Crippen LogP contribution in [-0.4, -0.2) is 17.2 Å². The molecule has 0 aromatic heterocycles. The molecule has 0 unspecified atom stereocenters. The number of benzene rings is 1. The third-order valence-electron chi connectivity index (χ3n) is 4.37. The van der Waals surface area contributed by atoms with Crippen molar-refractivity contribution in [3.05, 3.63) is 103 Å². The fourth-order valence-electron chi connectivity index (χ4n) is 3.13. The first-order valence-corrected chi connectivity index (χ1v) is 10.9. The Morgan fingerprint density at radius 2 is 1.88 bits per heavy atom. The van der Waals surface area contributed by atoms with Gasteiger partial charge in [-0.2, -0.15) is 0 Å². The SMILES string of the molecule is C=C/C=C\C(=C)[PH](CCCC(=O)O)(/C(C=C)=C/C=C\C)c1ccccc1. The molecular weight excluding hydrogens is 339 g/mol. The summed E-state index contributed by atoms with van der Waals surface area (Å²) in [6.45, 7) is 14.1. The van der Waals surface area contributed by atoms with Gasteiger partial charge in [0.2, 0.25) is 0 Å². The van der Waals surface area contributed by atoms with Gasteiger partial charge in [0.05, 0.1) is 0 Å². The Morgan fingerprint density at radius 1 is 1.19 bits per heavy atom. The minimum atomic E-state index is -2.45. The van der Waals surface area contributed by atoms with E-state index in [2.05, 4.69) is 37.9 Å². The average Bonchev–Trinajstić information content (AvgIpc) is 2.65. The minimum absolute atomic E-state index is 0.147. The summed E-state index contributed by atoms with van der Waals surface area (Å²) in [5.41, 5.74) is 0. The molecule has 26 heavy (non-hydrogen) atoms. The van der Waals surface area contributed by atoms with Crippen LogP contribution in [0.5, 0.6) is 0 Å². The van der Waals surface area contributed by atoms with Crippen LogP contribution in [0.15, 0.2) is 103 Å². The first-order valence-electron chi connectivity index (χ1n) is 8.74. The molecule has 1 rings (SSSR count). The van der Waals surface area contributed by atoms with Gasteiger partial charge in [0.1, 0.15) is 0 Å². The number of allylic oxidation sites excluding steroid dienone is 9. The fraction of sp³-hybridized carbons (Fsp3) is 0.174. The van der Waals surface area contributed by atoms with E-state index in [0.29, 0.717) is 6.42 Å². The van der Waals surface area contributed by atoms with Gasteiger partial charge in [-0.15, -0.1) is 0 Å². The van der Waals surface area contributed by atoms with Gasteiger partial charge < -0.3 is 0 Å². The second kappa shape index (κ2) is 11.2. The first kappa shape index (κ1) is 21.6. The summed E-state index contributed by atoms with van der Waals surface area (Å²) in [7, 11) is -2.45. The monoisotopic (exact) mass is 368 g/mol. The summed E-state index contributed by atoms with van der Waals surface area (Å²) < 4.78 is 0. The quantitative estimate of drug-likeness (QED) is 0.394. The van der Waals surface area contributed by atoms with Crippen molar-refractivity contribution in [2.45, 2.75) is 19.8 Å². The molecule has 1 N–H and O–H groups in total. The van der Waals surface area contributed by atoms with E-state index in [1.807, 2.05) is 55.5 Å². The van der Waals surface area contributed by atoms with Crippen LogP contribution in [-0.2, 0) is 4.79 Å². The first-order chi connectivity index (χ1) is 12.5. The van der Waals surface area contributed by atoms with Gasteiger partial charge in [0.25, 0.3) is 0 Å². The van der Waals surface area contributed by atoms with Crippen molar-refractivity contribution in [3.63, 3.8) is 0 Å². The molecule has 0 saturated heterocycles. The van der Waals surface area contributed by atoms with Gasteiger partial charge in [0.15, 0.2) is 0 Å². The Labute approximate surface area is 158 Å². The number of hydrogen-bond acceptors (Lipinski definition) is 1. The van der Waals surface area contributed by atoms with Crippen molar-refractivity contribution in [1.82, 2.24) is 0 Å². The Balaban J connectivity index is 3.61. The van der Waals surface area contributed by atoms with Crippen LogP contribution in [0.25, 0.3) is 0 Å². The van der Waals surface area contributed by atoms with Gasteiger partial charge in [-0.05, 0) is 0 Å². The maximum atomic E-state index is 11.1. The molecule has 0 bridgehead atoms. The van der Waals surface area contributed by atoms with Crippen LogP contribution in [0.1, 0.15) is 19.8 Å². The van der Waals surface area contributed by atoms with Crippen LogP contribution < -0.4 is 5.30 Å². The van der Waals surface area contributed by atoms with Crippen LogP contribution in [0.4, 0.5) is 0 Å². The third-order valence-corrected chi connectivity index (χ3v) is 9.41. The Kier molecular flexibility index (Phi) is 9.33. The van der Waals surface area contributed by atoms with E-state index in [-0.39, 0.29) is 6.42 Å². The topological polar surface area (TPSA) is 37.3 Å². The molecule has 0 aliphatic rings. The van der Waals surface area contributed by atoms with Crippen LogP contribution in [0.3, 0.4) is 0 Å². The second-order valence-corrected chi connectivity index (χ2v) is 10.1. The molecule has 0 saturated carbocycles. The molecule has 0 spiro atoms. The van der Waals surface area contributed by atoms with Crippen LogP contribution in [0.2, 0.25) is 0 Å². The fourth-order valence-corrected chi connectivity index (χ4v) is 7.68. The summed E-state index contributed by atoms with van der Waals surface area (Å²) in [5.74, 6) is -0.772. The molecule has 1 aromatic carbocycles. The van der Waals surface area contributed by atoms with Gasteiger partial charge in [-0.1, -0.05) is 0 Å². The van der Waals surface area contributed by atoms with Gasteiger partial charge >= 0.3 is 158 Å². The molecule has 138 valence electrons. The van der Waals surface area contributed by atoms with E-state index >= 15 is 0 Å². The van der Waals surface area contributed by atoms with Crippen molar-refractivity contribution >= 4 is 18.5 Å². The van der Waals surface area contributed by atoms with Crippen molar-refractivity contribution in [3.8, 4) is 0 Å². The van der Waals surface area contributed by atoms with Crippen LogP contribution in [0, 0.1) is 0 Å². The van der Waals surface area contributed by atoms with E-state index in [9.17, 15) is 4.79 Å². The number of rotatable bonds is 11. The van der Waals surface area contributed by atoms with Crippen molar-refractivity contribution in [2.24, 2.45) is 0 Å². The predicted molar refractivity (Wildman–Crippen MR) is 118 cm³/mol. The summed E-state index contributed by atoms with van der Waals surface area (Å²) in [4.78, 5) is 11.1. The van der Waals surface area contributed by atoms with Crippen molar-refractivity contribution in [1.29, 1.82) is 0 Å². The van der Waals surface area contributed by atoms with E-state index in [0.717, 1.165) is 16.8 Å². The van der Waals surface area contributed by atoms with Crippen LogP contribution >= 0.6 is 7.26 Å². The summed E-state index contributed by atoms with van der Waals surface area (Å²) in [5, 5.41) is 12.5. The van der Waals surface area contributed by atoms with E-state index in [1.165, 1.54) is 5.30 Å². The maximum absolute atomic E-state index is 11.1. The van der Waals surface area contributed by atoms with Crippen molar-refractivity contribution < 1.29 is 9.90 Å². The van der Waals surface area contributed by atoms with Gasteiger partial charge in [-0.3, -0.25) is 0 Å². The zero-order valence-electron chi connectivity index (χ0n) is 15.5. The average molecular weight is 368 g/mol. The molecule has 0 radical (unpaired) electrons. The molecule has 0 aliphatic heterocycles. The molecule has 1 aromatic rings. The summed E-state index contributed by atoms with van der Waals surface area (Å²) in [6, 6.07) is 10.3. The molecule has 0 aliphatic carbocycles. The van der Waals surface area contributed by atoms with Crippen molar-refractivity contribution in [2.75, 3.05) is 6.16 Å². The Bertz CT molecular complexity index is 726. The Hall–Kier alpha value is -2.44. The predicted octanol–water partition coefficient (Wildman–Crippen LogP) is 5.83. The zero-order chi connectivity index (χ0) is 19.4. The number of carbonyl (C=O) groups is 1. The number of aliphatic carboxylic acids is 1. The summed E-state index contributed by atoms with van der Waals surface area (Å²) in [6.07, 6.45) is 15.1. The van der Waals surface area contributed by atoms with E-state index in [4.69, 9.17) is 5.11 Å². The molecule has 0 heterocycles. The number of carboxylic acid groups (broad SMARTS) is 1. The van der Waals surface area contributed by atoms with Gasteiger partial charge in [0, 0.05) is 0 Å². The molecule has 3 heteroatoms. The van der Waals surface area contributed by atoms with E-state index in [1.54, 1.807) is 6.08 Å². The van der Waals surface area contributed by atoms with Gasteiger partial charge in [-0.25, -0.2) is 0 Å². The normalized spacial score (nSPS) is 13.0. The third kappa shape index (κ3) is 5.54. The molecular formula is C23H29O2P. The molecule has 0 fully saturated rings. The Morgan fingerprint density at radius 3 is 2.42 bits per heavy atom. The zero-order valence-corrected chi connectivity index (χ0v) is 16.5. The molecule has 0 atom stereocenters. The number of carboxylic acids is 1. The molecule has 0 amide bonds. The second-order valence-electron chi connectivity index (χ2n) is 5.99.